The minimum Gasteiger partial charge on any atom is -0.353 e. The predicted octanol–water partition coefficient (Wildman–Crippen LogP) is 3.77. The lowest BCUT2D eigenvalue weighted by atomic mass is 10.2. The molecule has 0 unspecified atom stereocenters. The Labute approximate surface area is 97.9 Å². The van der Waals surface area contributed by atoms with Crippen molar-refractivity contribution in [2.24, 2.45) is 0 Å². The molecular formula is C13H8N2S. The van der Waals surface area contributed by atoms with Gasteiger partial charge in [-0.15, -0.1) is 0 Å². The number of fused-ring (bicyclic) bond motifs is 2. The van der Waals surface area contributed by atoms with Crippen LogP contribution in [0.4, 0.5) is 11.4 Å². The number of rotatable bonds is 0. The minimum atomic E-state index is 0.694. The molecule has 1 heterocycles. The first-order valence-corrected chi connectivity index (χ1v) is 5.77. The molecule has 0 radical (unpaired) electrons. The van der Waals surface area contributed by atoms with Crippen LogP contribution in [0, 0.1) is 11.3 Å². The molecule has 0 atom stereocenters. The van der Waals surface area contributed by atoms with Crippen LogP contribution in [-0.2, 0) is 0 Å². The van der Waals surface area contributed by atoms with Crippen molar-refractivity contribution < 1.29 is 0 Å². The van der Waals surface area contributed by atoms with Gasteiger partial charge in [-0.3, -0.25) is 0 Å². The van der Waals surface area contributed by atoms with Crippen molar-refractivity contribution in [3.05, 3.63) is 48.0 Å². The lowest BCUT2D eigenvalue weighted by Crippen LogP contribution is -2.01. The van der Waals surface area contributed by atoms with Gasteiger partial charge in [0.15, 0.2) is 0 Å². The molecule has 0 spiro atoms. The van der Waals surface area contributed by atoms with E-state index < -0.39 is 0 Å². The van der Waals surface area contributed by atoms with Crippen LogP contribution in [0.15, 0.2) is 52.3 Å². The summed E-state index contributed by atoms with van der Waals surface area (Å²) in [5.74, 6) is 0. The van der Waals surface area contributed by atoms with Gasteiger partial charge in [0, 0.05) is 9.79 Å². The van der Waals surface area contributed by atoms with E-state index >= 15 is 0 Å². The highest BCUT2D eigenvalue weighted by Gasteiger charge is 2.17. The Kier molecular flexibility index (Phi) is 2.09. The average Bonchev–Trinajstić information content (AvgIpc) is 2.35. The zero-order valence-electron chi connectivity index (χ0n) is 8.40. The van der Waals surface area contributed by atoms with Gasteiger partial charge in [0.25, 0.3) is 0 Å². The number of hydrogen-bond acceptors (Lipinski definition) is 3. The standard InChI is InChI=1S/C13H8N2S/c14-8-9-4-3-7-12-13(9)15-10-5-1-2-6-11(10)16-12/h1-7,15H. The summed E-state index contributed by atoms with van der Waals surface area (Å²) in [6.07, 6.45) is 0. The normalized spacial score (nSPS) is 11.9. The number of nitrogens with one attached hydrogen (secondary N) is 1. The van der Waals surface area contributed by atoms with Crippen LogP contribution in [0.2, 0.25) is 0 Å². The molecule has 1 aliphatic heterocycles. The molecule has 76 valence electrons. The van der Waals surface area contributed by atoms with Crippen molar-refractivity contribution in [2.75, 3.05) is 5.32 Å². The molecule has 3 heteroatoms. The molecule has 2 aromatic carbocycles. The van der Waals surface area contributed by atoms with E-state index in [0.29, 0.717) is 5.56 Å². The summed E-state index contributed by atoms with van der Waals surface area (Å²) >= 11 is 1.70. The van der Waals surface area contributed by atoms with E-state index in [0.717, 1.165) is 16.3 Å². The second-order valence-corrected chi connectivity index (χ2v) is 4.60. The second kappa shape index (κ2) is 3.58. The third kappa shape index (κ3) is 1.36. The van der Waals surface area contributed by atoms with E-state index in [1.54, 1.807) is 11.8 Å². The zero-order valence-corrected chi connectivity index (χ0v) is 9.21. The first kappa shape index (κ1) is 9.32. The average molecular weight is 224 g/mol. The molecule has 2 aromatic rings. The first-order valence-electron chi connectivity index (χ1n) is 4.95. The summed E-state index contributed by atoms with van der Waals surface area (Å²) in [7, 11) is 0. The van der Waals surface area contributed by atoms with Crippen molar-refractivity contribution in [3.8, 4) is 6.07 Å². The Morgan fingerprint density at radius 2 is 1.81 bits per heavy atom. The van der Waals surface area contributed by atoms with Crippen LogP contribution >= 0.6 is 11.8 Å². The molecule has 0 bridgehead atoms. The lowest BCUT2D eigenvalue weighted by molar-refractivity contribution is 1.30. The molecule has 0 amide bonds. The van der Waals surface area contributed by atoms with Crippen LogP contribution in [0.5, 0.6) is 0 Å². The van der Waals surface area contributed by atoms with E-state index in [-0.39, 0.29) is 0 Å². The summed E-state index contributed by atoms with van der Waals surface area (Å²) < 4.78 is 0. The lowest BCUT2D eigenvalue weighted by Gasteiger charge is -2.21. The topological polar surface area (TPSA) is 35.8 Å². The van der Waals surface area contributed by atoms with Gasteiger partial charge in [0.1, 0.15) is 6.07 Å². The molecular weight excluding hydrogens is 216 g/mol. The Morgan fingerprint density at radius 1 is 1.00 bits per heavy atom. The number of anilines is 2. The maximum atomic E-state index is 9.04. The number of para-hydroxylation sites is 2. The summed E-state index contributed by atoms with van der Waals surface area (Å²) in [4.78, 5) is 2.31. The largest absolute Gasteiger partial charge is 0.353 e. The van der Waals surface area contributed by atoms with E-state index in [4.69, 9.17) is 5.26 Å². The van der Waals surface area contributed by atoms with Crippen molar-refractivity contribution >= 4 is 23.1 Å². The highest BCUT2D eigenvalue weighted by atomic mass is 32.2. The second-order valence-electron chi connectivity index (χ2n) is 3.51. The van der Waals surface area contributed by atoms with E-state index in [1.165, 1.54) is 4.90 Å². The minimum absolute atomic E-state index is 0.694. The highest BCUT2D eigenvalue weighted by Crippen LogP contribution is 2.44. The highest BCUT2D eigenvalue weighted by molar-refractivity contribution is 7.99. The third-order valence-electron chi connectivity index (χ3n) is 2.51. The van der Waals surface area contributed by atoms with Crippen molar-refractivity contribution in [1.82, 2.24) is 0 Å². The zero-order chi connectivity index (χ0) is 11.0. The van der Waals surface area contributed by atoms with Crippen LogP contribution in [-0.4, -0.2) is 0 Å². The molecule has 3 rings (SSSR count). The SMILES string of the molecule is N#Cc1cccc2c1Nc1ccccc1S2. The van der Waals surface area contributed by atoms with Crippen molar-refractivity contribution in [2.45, 2.75) is 9.79 Å². The van der Waals surface area contributed by atoms with Crippen LogP contribution in [0.25, 0.3) is 0 Å². The molecule has 0 aliphatic carbocycles. The number of hydrogen-bond donors (Lipinski definition) is 1. The molecule has 0 saturated heterocycles. The number of benzene rings is 2. The molecule has 1 N–H and O–H groups in total. The summed E-state index contributed by atoms with van der Waals surface area (Å²) in [5, 5.41) is 12.4. The molecule has 0 saturated carbocycles. The van der Waals surface area contributed by atoms with Crippen molar-refractivity contribution in [3.63, 3.8) is 0 Å². The van der Waals surface area contributed by atoms with Gasteiger partial charge in [-0.1, -0.05) is 30.0 Å². The van der Waals surface area contributed by atoms with E-state index in [2.05, 4.69) is 17.5 Å². The summed E-state index contributed by atoms with van der Waals surface area (Å²) in [5.41, 5.74) is 2.69. The summed E-state index contributed by atoms with van der Waals surface area (Å²) in [6, 6.07) is 16.1. The summed E-state index contributed by atoms with van der Waals surface area (Å²) in [6.45, 7) is 0. The number of nitrogens with zero attached hydrogens (tertiary/aromatic N) is 1. The van der Waals surface area contributed by atoms with Crippen LogP contribution < -0.4 is 5.32 Å². The van der Waals surface area contributed by atoms with Gasteiger partial charge < -0.3 is 5.32 Å². The fourth-order valence-electron chi connectivity index (χ4n) is 1.75. The first-order chi connectivity index (χ1) is 7.88. The fraction of sp³-hybridized carbons (Fsp3) is 0. The van der Waals surface area contributed by atoms with Crippen molar-refractivity contribution in [1.29, 1.82) is 5.26 Å². The third-order valence-corrected chi connectivity index (χ3v) is 3.65. The van der Waals surface area contributed by atoms with Gasteiger partial charge in [-0.25, -0.2) is 0 Å². The van der Waals surface area contributed by atoms with Gasteiger partial charge in [0.2, 0.25) is 0 Å². The predicted molar refractivity (Wildman–Crippen MR) is 65.0 cm³/mol. The quantitative estimate of drug-likeness (QED) is 0.631. The molecule has 16 heavy (non-hydrogen) atoms. The molecule has 0 fully saturated rings. The van der Waals surface area contributed by atoms with E-state index in [1.807, 2.05) is 36.4 Å². The van der Waals surface area contributed by atoms with Crippen LogP contribution in [0.1, 0.15) is 5.56 Å². The van der Waals surface area contributed by atoms with Crippen LogP contribution in [0.3, 0.4) is 0 Å². The fourth-order valence-corrected chi connectivity index (χ4v) is 2.77. The Balaban J connectivity index is 2.16. The molecule has 2 nitrogen and oxygen atoms in total. The van der Waals surface area contributed by atoms with E-state index in [9.17, 15) is 0 Å². The molecule has 1 aliphatic rings. The Bertz CT molecular complexity index is 599. The van der Waals surface area contributed by atoms with Gasteiger partial charge >= 0.3 is 0 Å². The number of nitriles is 1. The van der Waals surface area contributed by atoms with Gasteiger partial charge in [0.05, 0.1) is 16.9 Å². The maximum absolute atomic E-state index is 9.04. The van der Waals surface area contributed by atoms with Gasteiger partial charge in [-0.2, -0.15) is 5.26 Å². The maximum Gasteiger partial charge on any atom is 0.101 e. The Morgan fingerprint density at radius 3 is 2.69 bits per heavy atom. The Hall–Kier alpha value is -1.92. The molecule has 0 aromatic heterocycles. The monoisotopic (exact) mass is 224 g/mol. The smallest absolute Gasteiger partial charge is 0.101 e. The van der Waals surface area contributed by atoms with Gasteiger partial charge in [-0.05, 0) is 24.3 Å².